The summed E-state index contributed by atoms with van der Waals surface area (Å²) in [6.45, 7) is 0.600. The van der Waals surface area contributed by atoms with Crippen molar-refractivity contribution >= 4 is 11.0 Å². The van der Waals surface area contributed by atoms with Crippen LogP contribution < -0.4 is 15.1 Å². The van der Waals surface area contributed by atoms with Gasteiger partial charge in [0, 0.05) is 12.3 Å². The number of nitrogens with zero attached hydrogens (tertiary/aromatic N) is 3. The van der Waals surface area contributed by atoms with E-state index in [1.807, 2.05) is 60.7 Å². The topological polar surface area (TPSA) is 66.2 Å². The van der Waals surface area contributed by atoms with Crippen LogP contribution in [0.25, 0.3) is 11.0 Å². The highest BCUT2D eigenvalue weighted by Crippen LogP contribution is 2.22. The predicted molar refractivity (Wildman–Crippen MR) is 101 cm³/mol. The third-order valence-corrected chi connectivity index (χ3v) is 4.04. The van der Waals surface area contributed by atoms with Crippen LogP contribution in [0.3, 0.4) is 0 Å². The minimum Gasteiger partial charge on any atom is -0.488 e. The summed E-state index contributed by atoms with van der Waals surface area (Å²) in [5, 5.41) is 0.612. The van der Waals surface area contributed by atoms with Gasteiger partial charge in [-0.2, -0.15) is 0 Å². The van der Waals surface area contributed by atoms with Gasteiger partial charge < -0.3 is 9.57 Å². The molecule has 134 valence electrons. The van der Waals surface area contributed by atoms with Gasteiger partial charge in [-0.15, -0.1) is 4.73 Å². The first-order valence-electron chi connectivity index (χ1n) is 8.51. The number of pyridine rings is 1. The number of hydrogen-bond acceptors (Lipinski definition) is 5. The maximum absolute atomic E-state index is 12.6. The van der Waals surface area contributed by atoms with Crippen molar-refractivity contribution in [1.29, 1.82) is 0 Å². The molecule has 2 aromatic carbocycles. The van der Waals surface area contributed by atoms with E-state index in [2.05, 4.69) is 9.97 Å². The maximum Gasteiger partial charge on any atom is 0.288 e. The Hall–Kier alpha value is -3.67. The van der Waals surface area contributed by atoms with Crippen LogP contribution in [0.1, 0.15) is 11.1 Å². The average Bonchev–Trinajstić information content (AvgIpc) is 2.73. The maximum atomic E-state index is 12.6. The minimum atomic E-state index is -0.347. The molecule has 4 aromatic rings. The molecule has 0 saturated carbocycles. The molecule has 0 aliphatic rings. The Bertz CT molecular complexity index is 1100. The van der Waals surface area contributed by atoms with E-state index in [0.717, 1.165) is 11.1 Å². The molecule has 6 nitrogen and oxygen atoms in total. The summed E-state index contributed by atoms with van der Waals surface area (Å²) in [7, 11) is 0. The second kappa shape index (κ2) is 7.70. The second-order valence-corrected chi connectivity index (χ2v) is 5.93. The summed E-state index contributed by atoms with van der Waals surface area (Å²) >= 11 is 0. The lowest BCUT2D eigenvalue weighted by molar-refractivity contribution is 0.0974. The van der Waals surface area contributed by atoms with Crippen LogP contribution in [-0.4, -0.2) is 14.7 Å². The number of rotatable bonds is 6. The van der Waals surface area contributed by atoms with Crippen molar-refractivity contribution in [2.45, 2.75) is 13.2 Å². The zero-order valence-corrected chi connectivity index (χ0v) is 14.5. The summed E-state index contributed by atoms with van der Waals surface area (Å²) in [5.41, 5.74) is 1.99. The van der Waals surface area contributed by atoms with E-state index in [0.29, 0.717) is 23.4 Å². The fourth-order valence-corrected chi connectivity index (χ4v) is 2.70. The summed E-state index contributed by atoms with van der Waals surface area (Å²) in [5.74, 6) is 0.430. The molecule has 0 aliphatic heterocycles. The molecule has 2 heterocycles. The zero-order chi connectivity index (χ0) is 18.5. The van der Waals surface area contributed by atoms with Gasteiger partial charge in [0.1, 0.15) is 25.3 Å². The lowest BCUT2D eigenvalue weighted by Crippen LogP contribution is -2.27. The lowest BCUT2D eigenvalue weighted by atomic mass is 10.2. The van der Waals surface area contributed by atoms with Crippen LogP contribution in [0.2, 0.25) is 0 Å². The molecule has 0 spiro atoms. The van der Waals surface area contributed by atoms with Crippen molar-refractivity contribution in [2.75, 3.05) is 0 Å². The predicted octanol–water partition coefficient (Wildman–Crippen LogP) is 3.00. The van der Waals surface area contributed by atoms with Crippen molar-refractivity contribution in [3.8, 4) is 5.75 Å². The number of hydrogen-bond donors (Lipinski definition) is 0. The van der Waals surface area contributed by atoms with E-state index in [1.165, 1.54) is 17.1 Å². The van der Waals surface area contributed by atoms with E-state index in [1.54, 1.807) is 6.20 Å². The van der Waals surface area contributed by atoms with Gasteiger partial charge in [-0.1, -0.05) is 60.7 Å². The Kier molecular flexibility index (Phi) is 4.78. The van der Waals surface area contributed by atoms with Crippen LogP contribution >= 0.6 is 0 Å². The highest BCUT2D eigenvalue weighted by molar-refractivity contribution is 5.80. The SMILES string of the molecule is O=c1cc(OCc2ccccc2)c2cncnc2n1OCc1ccccc1. The fourth-order valence-electron chi connectivity index (χ4n) is 2.70. The smallest absolute Gasteiger partial charge is 0.288 e. The third-order valence-electron chi connectivity index (χ3n) is 4.04. The van der Waals surface area contributed by atoms with Gasteiger partial charge in [0.2, 0.25) is 0 Å². The van der Waals surface area contributed by atoms with Crippen LogP contribution in [0.4, 0.5) is 0 Å². The normalized spacial score (nSPS) is 10.7. The van der Waals surface area contributed by atoms with Gasteiger partial charge in [-0.3, -0.25) is 4.79 Å². The minimum absolute atomic E-state index is 0.254. The molecule has 0 saturated heterocycles. The van der Waals surface area contributed by atoms with E-state index in [-0.39, 0.29) is 12.2 Å². The molecule has 2 aromatic heterocycles. The molecule has 0 unspecified atom stereocenters. The number of ether oxygens (including phenoxy) is 1. The van der Waals surface area contributed by atoms with Gasteiger partial charge in [-0.25, -0.2) is 9.97 Å². The van der Waals surface area contributed by atoms with E-state index in [9.17, 15) is 4.79 Å². The third kappa shape index (κ3) is 3.79. The number of benzene rings is 2. The molecule has 0 amide bonds. The van der Waals surface area contributed by atoms with Crippen molar-refractivity contribution in [2.24, 2.45) is 0 Å². The molecule has 0 bridgehead atoms. The van der Waals surface area contributed by atoms with Crippen molar-refractivity contribution in [1.82, 2.24) is 14.7 Å². The monoisotopic (exact) mass is 359 g/mol. The van der Waals surface area contributed by atoms with Crippen LogP contribution in [-0.2, 0) is 13.2 Å². The highest BCUT2D eigenvalue weighted by Gasteiger charge is 2.13. The van der Waals surface area contributed by atoms with E-state index >= 15 is 0 Å². The summed E-state index contributed by atoms with van der Waals surface area (Å²) < 4.78 is 7.04. The van der Waals surface area contributed by atoms with Gasteiger partial charge >= 0.3 is 0 Å². The summed E-state index contributed by atoms with van der Waals surface area (Å²) in [6.07, 6.45) is 3.00. The highest BCUT2D eigenvalue weighted by atomic mass is 16.7. The standard InChI is InChI=1S/C21H17N3O3/c25-20-11-19(26-13-16-7-3-1-4-8-16)18-12-22-15-23-21(18)24(20)27-14-17-9-5-2-6-10-17/h1-12,15H,13-14H2. The molecule has 0 radical (unpaired) electrons. The van der Waals surface area contributed by atoms with Crippen LogP contribution in [0.5, 0.6) is 5.75 Å². The van der Waals surface area contributed by atoms with Crippen molar-refractivity contribution in [3.63, 3.8) is 0 Å². The Morgan fingerprint density at radius 2 is 1.56 bits per heavy atom. The van der Waals surface area contributed by atoms with Gasteiger partial charge in [0.25, 0.3) is 5.56 Å². The Morgan fingerprint density at radius 3 is 2.26 bits per heavy atom. The molecule has 27 heavy (non-hydrogen) atoms. The molecule has 0 N–H and O–H groups in total. The van der Waals surface area contributed by atoms with E-state index in [4.69, 9.17) is 9.57 Å². The van der Waals surface area contributed by atoms with Crippen molar-refractivity contribution < 1.29 is 9.57 Å². The first-order chi connectivity index (χ1) is 13.3. The zero-order valence-electron chi connectivity index (χ0n) is 14.5. The fraction of sp³-hybridized carbons (Fsp3) is 0.0952. The number of fused-ring (bicyclic) bond motifs is 1. The van der Waals surface area contributed by atoms with Gasteiger partial charge in [0.15, 0.2) is 5.65 Å². The van der Waals surface area contributed by atoms with Crippen LogP contribution in [0, 0.1) is 0 Å². The largest absolute Gasteiger partial charge is 0.488 e. The first-order valence-corrected chi connectivity index (χ1v) is 8.51. The van der Waals surface area contributed by atoms with Gasteiger partial charge in [-0.05, 0) is 11.1 Å². The Labute approximate surface area is 155 Å². The van der Waals surface area contributed by atoms with E-state index < -0.39 is 0 Å². The van der Waals surface area contributed by atoms with Crippen LogP contribution in [0.15, 0.2) is 84.0 Å². The molecule has 4 rings (SSSR count). The molecule has 6 heteroatoms. The first kappa shape index (κ1) is 16.8. The van der Waals surface area contributed by atoms with Gasteiger partial charge in [0.05, 0.1) is 5.39 Å². The Morgan fingerprint density at radius 1 is 0.889 bits per heavy atom. The molecule has 0 atom stereocenters. The average molecular weight is 359 g/mol. The molecule has 0 aliphatic carbocycles. The quantitative estimate of drug-likeness (QED) is 0.529. The summed E-state index contributed by atoms with van der Waals surface area (Å²) in [6, 6.07) is 20.8. The Balaban J connectivity index is 1.64. The molecule has 0 fully saturated rings. The number of aromatic nitrogens is 3. The van der Waals surface area contributed by atoms with Crippen molar-refractivity contribution in [3.05, 3.63) is 101 Å². The summed E-state index contributed by atoms with van der Waals surface area (Å²) in [4.78, 5) is 26.6. The second-order valence-electron chi connectivity index (χ2n) is 5.93. The molecular formula is C21H17N3O3. The molecular weight excluding hydrogens is 342 g/mol. The lowest BCUT2D eigenvalue weighted by Gasteiger charge is -2.13.